The first-order valence-electron chi connectivity index (χ1n) is 4.95. The number of aromatic nitrogens is 3. The molecule has 0 saturated heterocycles. The highest BCUT2D eigenvalue weighted by Crippen LogP contribution is 2.30. The minimum absolute atomic E-state index is 0.191. The van der Waals surface area contributed by atoms with Gasteiger partial charge in [0.15, 0.2) is 5.82 Å². The highest BCUT2D eigenvalue weighted by molar-refractivity contribution is 5.55. The van der Waals surface area contributed by atoms with E-state index in [0.29, 0.717) is 11.6 Å². The highest BCUT2D eigenvalue weighted by atomic mass is 16.1. The third-order valence-corrected chi connectivity index (χ3v) is 2.24. The Morgan fingerprint density at radius 3 is 2.81 bits per heavy atom. The van der Waals surface area contributed by atoms with Crippen LogP contribution in [0.1, 0.15) is 26.5 Å². The van der Waals surface area contributed by atoms with Crippen molar-refractivity contribution >= 4 is 17.7 Å². The number of isocyanates is 1. The predicted octanol–water partition coefficient (Wildman–Crippen LogP) is 1.99. The standard InChI is InChI=1S/C11H12N4O/c1-11(2,3)8-9(13-7-16)15-6-4-5-12-10(15)14-8/h4-6H,1-3H3. The molecule has 2 aromatic heterocycles. The molecular weight excluding hydrogens is 204 g/mol. The first-order valence-corrected chi connectivity index (χ1v) is 4.95. The van der Waals surface area contributed by atoms with Gasteiger partial charge < -0.3 is 0 Å². The lowest BCUT2D eigenvalue weighted by Crippen LogP contribution is -2.11. The molecule has 0 bridgehead atoms. The van der Waals surface area contributed by atoms with Crippen LogP contribution in [0.5, 0.6) is 0 Å². The summed E-state index contributed by atoms with van der Waals surface area (Å²) in [4.78, 5) is 22.7. The second-order valence-corrected chi connectivity index (χ2v) is 4.53. The Kier molecular flexibility index (Phi) is 2.33. The monoisotopic (exact) mass is 216 g/mol. The molecule has 0 N–H and O–H groups in total. The molecule has 2 aromatic rings. The lowest BCUT2D eigenvalue weighted by atomic mass is 9.92. The Bertz CT molecular complexity index is 573. The average molecular weight is 216 g/mol. The molecule has 0 aliphatic carbocycles. The fourth-order valence-electron chi connectivity index (χ4n) is 1.53. The Morgan fingerprint density at radius 1 is 1.44 bits per heavy atom. The Hall–Kier alpha value is -2.00. The maximum absolute atomic E-state index is 10.4. The summed E-state index contributed by atoms with van der Waals surface area (Å²) in [6, 6.07) is 1.77. The van der Waals surface area contributed by atoms with E-state index in [1.165, 1.54) is 0 Å². The normalized spacial score (nSPS) is 11.4. The van der Waals surface area contributed by atoms with Crippen LogP contribution in [0.3, 0.4) is 0 Å². The van der Waals surface area contributed by atoms with Crippen molar-refractivity contribution in [2.75, 3.05) is 0 Å². The van der Waals surface area contributed by atoms with E-state index in [4.69, 9.17) is 0 Å². The van der Waals surface area contributed by atoms with Gasteiger partial charge in [0.2, 0.25) is 11.9 Å². The van der Waals surface area contributed by atoms with Crippen LogP contribution < -0.4 is 0 Å². The van der Waals surface area contributed by atoms with Gasteiger partial charge in [-0.25, -0.2) is 14.8 Å². The van der Waals surface area contributed by atoms with Gasteiger partial charge in [-0.3, -0.25) is 4.40 Å². The predicted molar refractivity (Wildman–Crippen MR) is 59.5 cm³/mol. The molecular formula is C11H12N4O. The molecule has 0 spiro atoms. The summed E-state index contributed by atoms with van der Waals surface area (Å²) >= 11 is 0. The van der Waals surface area contributed by atoms with E-state index >= 15 is 0 Å². The smallest absolute Gasteiger partial charge is 0.242 e. The molecule has 0 aliphatic rings. The van der Waals surface area contributed by atoms with E-state index in [-0.39, 0.29) is 5.41 Å². The topological polar surface area (TPSA) is 59.6 Å². The van der Waals surface area contributed by atoms with Gasteiger partial charge in [-0.05, 0) is 6.07 Å². The number of nitrogens with zero attached hydrogens (tertiary/aromatic N) is 4. The molecule has 0 saturated carbocycles. The van der Waals surface area contributed by atoms with Crippen LogP contribution in [0.4, 0.5) is 5.82 Å². The minimum atomic E-state index is -0.191. The highest BCUT2D eigenvalue weighted by Gasteiger charge is 2.24. The van der Waals surface area contributed by atoms with Gasteiger partial charge in [-0.2, -0.15) is 0 Å². The zero-order valence-electron chi connectivity index (χ0n) is 9.43. The maximum atomic E-state index is 10.4. The molecule has 2 heterocycles. The fourth-order valence-corrected chi connectivity index (χ4v) is 1.53. The third kappa shape index (κ3) is 1.61. The van der Waals surface area contributed by atoms with Crippen molar-refractivity contribution in [3.05, 3.63) is 24.2 Å². The van der Waals surface area contributed by atoms with Crippen LogP contribution in [0.15, 0.2) is 23.5 Å². The number of hydrogen-bond donors (Lipinski definition) is 0. The van der Waals surface area contributed by atoms with Crippen LogP contribution >= 0.6 is 0 Å². The molecule has 0 atom stereocenters. The van der Waals surface area contributed by atoms with Crippen LogP contribution in [0.2, 0.25) is 0 Å². The molecule has 0 aliphatic heterocycles. The summed E-state index contributed by atoms with van der Waals surface area (Å²) in [5.74, 6) is 1.05. The summed E-state index contributed by atoms with van der Waals surface area (Å²) in [7, 11) is 0. The Morgan fingerprint density at radius 2 is 2.19 bits per heavy atom. The first-order chi connectivity index (χ1) is 7.54. The quantitative estimate of drug-likeness (QED) is 0.541. The molecule has 0 amide bonds. The van der Waals surface area contributed by atoms with Gasteiger partial charge in [0, 0.05) is 17.8 Å². The molecule has 2 rings (SSSR count). The summed E-state index contributed by atoms with van der Waals surface area (Å²) in [5.41, 5.74) is 0.554. The van der Waals surface area contributed by atoms with Gasteiger partial charge in [-0.15, -0.1) is 4.99 Å². The SMILES string of the molecule is CC(C)(C)c1nc2ncccn2c1N=C=O. The average Bonchev–Trinajstić information content (AvgIpc) is 2.58. The maximum Gasteiger partial charge on any atom is 0.242 e. The van der Waals surface area contributed by atoms with E-state index in [1.807, 2.05) is 20.8 Å². The second kappa shape index (κ2) is 3.54. The molecule has 82 valence electrons. The number of fused-ring (bicyclic) bond motifs is 1. The second-order valence-electron chi connectivity index (χ2n) is 4.53. The minimum Gasteiger partial charge on any atom is -0.267 e. The molecule has 0 aromatic carbocycles. The Balaban J connectivity index is 2.83. The van der Waals surface area contributed by atoms with E-state index in [1.54, 1.807) is 28.9 Å². The Labute approximate surface area is 92.9 Å². The summed E-state index contributed by atoms with van der Waals surface area (Å²) in [6.45, 7) is 6.04. The van der Waals surface area contributed by atoms with Crippen LogP contribution in [-0.2, 0) is 10.2 Å². The summed E-state index contributed by atoms with van der Waals surface area (Å²) in [6.07, 6.45) is 5.00. The van der Waals surface area contributed by atoms with E-state index in [9.17, 15) is 4.79 Å². The van der Waals surface area contributed by atoms with Crippen LogP contribution in [-0.4, -0.2) is 20.4 Å². The lowest BCUT2D eigenvalue weighted by molar-refractivity contribution is 0.562. The van der Waals surface area contributed by atoms with Gasteiger partial charge in [0.05, 0.1) is 5.69 Å². The number of hydrogen-bond acceptors (Lipinski definition) is 4. The van der Waals surface area contributed by atoms with Crippen molar-refractivity contribution in [1.82, 2.24) is 14.4 Å². The number of carbonyl (C=O) groups excluding carboxylic acids is 1. The van der Waals surface area contributed by atoms with Crippen molar-refractivity contribution < 1.29 is 4.79 Å². The number of aliphatic imine (C=N–C) groups is 1. The summed E-state index contributed by atoms with van der Waals surface area (Å²) < 4.78 is 1.69. The van der Waals surface area contributed by atoms with E-state index in [2.05, 4.69) is 15.0 Å². The zero-order valence-corrected chi connectivity index (χ0v) is 9.43. The third-order valence-electron chi connectivity index (χ3n) is 2.24. The largest absolute Gasteiger partial charge is 0.267 e. The summed E-state index contributed by atoms with van der Waals surface area (Å²) in [5, 5.41) is 0. The molecule has 5 heteroatoms. The van der Waals surface area contributed by atoms with Crippen molar-refractivity contribution in [3.8, 4) is 0 Å². The molecule has 16 heavy (non-hydrogen) atoms. The lowest BCUT2D eigenvalue weighted by Gasteiger charge is -2.15. The van der Waals surface area contributed by atoms with E-state index < -0.39 is 0 Å². The van der Waals surface area contributed by atoms with E-state index in [0.717, 1.165) is 5.69 Å². The van der Waals surface area contributed by atoms with Crippen molar-refractivity contribution in [1.29, 1.82) is 0 Å². The van der Waals surface area contributed by atoms with Gasteiger partial charge in [0.25, 0.3) is 0 Å². The van der Waals surface area contributed by atoms with Crippen LogP contribution in [0, 0.1) is 0 Å². The van der Waals surface area contributed by atoms with Crippen molar-refractivity contribution in [2.45, 2.75) is 26.2 Å². The molecule has 0 radical (unpaired) electrons. The first kappa shape index (κ1) is 10.5. The zero-order chi connectivity index (χ0) is 11.8. The van der Waals surface area contributed by atoms with Gasteiger partial charge in [-0.1, -0.05) is 20.8 Å². The number of imidazole rings is 1. The molecule has 0 unspecified atom stereocenters. The van der Waals surface area contributed by atoms with Gasteiger partial charge >= 0.3 is 0 Å². The fraction of sp³-hybridized carbons (Fsp3) is 0.364. The van der Waals surface area contributed by atoms with Crippen molar-refractivity contribution in [3.63, 3.8) is 0 Å². The van der Waals surface area contributed by atoms with Crippen LogP contribution in [0.25, 0.3) is 5.78 Å². The number of rotatable bonds is 1. The molecule has 5 nitrogen and oxygen atoms in total. The molecule has 0 fully saturated rings. The van der Waals surface area contributed by atoms with Crippen molar-refractivity contribution in [2.24, 2.45) is 4.99 Å². The van der Waals surface area contributed by atoms with Gasteiger partial charge in [0.1, 0.15) is 0 Å².